The Hall–Kier alpha value is -2.92. The summed E-state index contributed by atoms with van der Waals surface area (Å²) in [5, 5.41) is 9.10. The van der Waals surface area contributed by atoms with Crippen molar-refractivity contribution in [1.29, 1.82) is 5.26 Å². The average molecular weight is 431 g/mol. The fraction of sp³-hybridized carbons (Fsp3) is 0.318. The molecule has 2 aromatic carbocycles. The number of carbonyl (C=O) groups excluding carboxylic acids is 1. The van der Waals surface area contributed by atoms with Crippen molar-refractivity contribution in [3.63, 3.8) is 0 Å². The van der Waals surface area contributed by atoms with Crippen molar-refractivity contribution in [1.82, 2.24) is 0 Å². The molecule has 0 saturated carbocycles. The lowest BCUT2D eigenvalue weighted by Crippen LogP contribution is -2.44. The van der Waals surface area contributed by atoms with E-state index in [4.69, 9.17) is 17.5 Å². The predicted molar refractivity (Wildman–Crippen MR) is 113 cm³/mol. The van der Waals surface area contributed by atoms with Gasteiger partial charge in [-0.3, -0.25) is 9.69 Å². The van der Waals surface area contributed by atoms with Crippen molar-refractivity contribution in [3.05, 3.63) is 59.2 Å². The van der Waals surface area contributed by atoms with Crippen LogP contribution in [0.2, 0.25) is 0 Å². The van der Waals surface area contributed by atoms with Gasteiger partial charge in [0.15, 0.2) is 5.11 Å². The Bertz CT molecular complexity index is 1050. The first-order chi connectivity index (χ1) is 13.9. The van der Waals surface area contributed by atoms with Gasteiger partial charge in [-0.15, -0.1) is 0 Å². The van der Waals surface area contributed by atoms with Gasteiger partial charge in [0.2, 0.25) is 0 Å². The van der Waals surface area contributed by atoms with Gasteiger partial charge in [-0.05, 0) is 67.9 Å². The number of amides is 1. The van der Waals surface area contributed by atoms with Crippen LogP contribution in [-0.2, 0) is 11.0 Å². The maximum atomic E-state index is 13.4. The number of anilines is 2. The first-order valence-electron chi connectivity index (χ1n) is 9.29. The third-order valence-corrected chi connectivity index (χ3v) is 5.54. The molecule has 0 atom stereocenters. The van der Waals surface area contributed by atoms with Crippen LogP contribution in [0.1, 0.15) is 50.3 Å². The van der Waals surface area contributed by atoms with Gasteiger partial charge in [-0.25, -0.2) is 0 Å². The van der Waals surface area contributed by atoms with E-state index < -0.39 is 28.7 Å². The van der Waals surface area contributed by atoms with Crippen LogP contribution in [-0.4, -0.2) is 16.6 Å². The van der Waals surface area contributed by atoms with E-state index in [2.05, 4.69) is 13.8 Å². The van der Waals surface area contributed by atoms with Crippen molar-refractivity contribution in [2.24, 2.45) is 0 Å². The lowest BCUT2D eigenvalue weighted by Gasteiger charge is -2.29. The Balaban J connectivity index is 2.07. The van der Waals surface area contributed by atoms with E-state index in [0.29, 0.717) is 11.6 Å². The second kappa shape index (κ2) is 7.40. The largest absolute Gasteiger partial charge is 0.417 e. The topological polar surface area (TPSA) is 47.3 Å². The van der Waals surface area contributed by atoms with Gasteiger partial charge in [0.25, 0.3) is 5.91 Å². The number of hydrogen-bond acceptors (Lipinski definition) is 3. The fourth-order valence-electron chi connectivity index (χ4n) is 3.47. The molecule has 3 rings (SSSR count). The Morgan fingerprint density at radius 1 is 1.07 bits per heavy atom. The highest BCUT2D eigenvalue weighted by atomic mass is 32.1. The van der Waals surface area contributed by atoms with Crippen molar-refractivity contribution >= 4 is 34.6 Å². The molecule has 156 valence electrons. The minimum atomic E-state index is -4.73. The molecule has 30 heavy (non-hydrogen) atoms. The van der Waals surface area contributed by atoms with Gasteiger partial charge in [-0.1, -0.05) is 26.0 Å². The van der Waals surface area contributed by atoms with Gasteiger partial charge < -0.3 is 4.90 Å². The van der Waals surface area contributed by atoms with Gasteiger partial charge in [0.1, 0.15) is 5.54 Å². The van der Waals surface area contributed by atoms with Crippen LogP contribution < -0.4 is 9.80 Å². The first kappa shape index (κ1) is 21.8. The number of carbonyl (C=O) groups is 1. The molecule has 0 spiro atoms. The normalized spacial score (nSPS) is 16.4. The van der Waals surface area contributed by atoms with E-state index in [1.54, 1.807) is 24.8 Å². The second-order valence-electron chi connectivity index (χ2n) is 7.90. The van der Waals surface area contributed by atoms with Crippen LogP contribution in [0.3, 0.4) is 0 Å². The molecule has 1 saturated heterocycles. The Labute approximate surface area is 178 Å². The molecule has 0 unspecified atom stereocenters. The van der Waals surface area contributed by atoms with Crippen LogP contribution in [0.5, 0.6) is 0 Å². The molecule has 4 nitrogen and oxygen atoms in total. The highest BCUT2D eigenvalue weighted by molar-refractivity contribution is 7.81. The van der Waals surface area contributed by atoms with Gasteiger partial charge in [0.05, 0.1) is 22.9 Å². The quantitative estimate of drug-likeness (QED) is 0.592. The smallest absolute Gasteiger partial charge is 0.304 e. The van der Waals surface area contributed by atoms with Crippen LogP contribution in [0, 0.1) is 11.3 Å². The van der Waals surface area contributed by atoms with Crippen LogP contribution >= 0.6 is 12.2 Å². The molecule has 0 aromatic heterocycles. The van der Waals surface area contributed by atoms with Crippen LogP contribution in [0.15, 0.2) is 42.5 Å². The minimum Gasteiger partial charge on any atom is -0.304 e. The van der Waals surface area contributed by atoms with Gasteiger partial charge >= 0.3 is 6.18 Å². The summed E-state index contributed by atoms with van der Waals surface area (Å²) in [5.74, 6) is -0.117. The third-order valence-electron chi connectivity index (χ3n) is 5.17. The Morgan fingerprint density at radius 3 is 2.13 bits per heavy atom. The summed E-state index contributed by atoms with van der Waals surface area (Å²) in [5.41, 5.74) is -0.935. The maximum absolute atomic E-state index is 13.4. The molecule has 8 heteroatoms. The molecular formula is C22H20F3N3OS. The zero-order valence-corrected chi connectivity index (χ0v) is 17.7. The van der Waals surface area contributed by atoms with Crippen molar-refractivity contribution in [3.8, 4) is 6.07 Å². The molecular weight excluding hydrogens is 411 g/mol. The monoisotopic (exact) mass is 431 g/mol. The number of nitrogens with zero attached hydrogens (tertiary/aromatic N) is 3. The van der Waals surface area contributed by atoms with Gasteiger partial charge in [-0.2, -0.15) is 18.4 Å². The number of halogens is 3. The molecule has 2 aromatic rings. The highest BCUT2D eigenvalue weighted by Gasteiger charge is 2.50. The molecule has 1 fully saturated rings. The van der Waals surface area contributed by atoms with E-state index in [9.17, 15) is 18.0 Å². The molecule has 0 radical (unpaired) electrons. The average Bonchev–Trinajstić information content (AvgIpc) is 2.85. The zero-order valence-electron chi connectivity index (χ0n) is 16.9. The van der Waals surface area contributed by atoms with E-state index in [0.717, 1.165) is 22.6 Å². The van der Waals surface area contributed by atoms with Crippen LogP contribution in [0.25, 0.3) is 0 Å². The van der Waals surface area contributed by atoms with Gasteiger partial charge in [0, 0.05) is 5.69 Å². The highest BCUT2D eigenvalue weighted by Crippen LogP contribution is 2.39. The molecule has 1 amide bonds. The number of benzene rings is 2. The summed E-state index contributed by atoms with van der Waals surface area (Å²) >= 11 is 5.52. The fourth-order valence-corrected chi connectivity index (χ4v) is 3.99. The first-order valence-corrected chi connectivity index (χ1v) is 9.70. The standard InChI is InChI=1S/C22H20F3N3OS/c1-13(2)14-5-8-16(9-6-14)28-20(30)27(19(29)21(28,3)4)17-10-7-15(12-26)18(11-17)22(23,24)25/h5-11,13H,1-4H3. The second-order valence-corrected chi connectivity index (χ2v) is 8.27. The maximum Gasteiger partial charge on any atom is 0.417 e. The molecule has 1 heterocycles. The van der Waals surface area contributed by atoms with E-state index in [1.807, 2.05) is 24.3 Å². The van der Waals surface area contributed by atoms with Crippen molar-refractivity contribution in [2.75, 3.05) is 9.80 Å². The summed E-state index contributed by atoms with van der Waals surface area (Å²) in [6.07, 6.45) is -4.73. The van der Waals surface area contributed by atoms with Crippen molar-refractivity contribution in [2.45, 2.75) is 45.3 Å². The lowest BCUT2D eigenvalue weighted by molar-refractivity contribution is -0.137. The summed E-state index contributed by atoms with van der Waals surface area (Å²) in [6, 6.07) is 12.3. The summed E-state index contributed by atoms with van der Waals surface area (Å²) in [7, 11) is 0. The molecule has 0 aliphatic carbocycles. The summed E-state index contributed by atoms with van der Waals surface area (Å²) in [6.45, 7) is 7.47. The van der Waals surface area contributed by atoms with Crippen molar-refractivity contribution < 1.29 is 18.0 Å². The summed E-state index contributed by atoms with van der Waals surface area (Å²) < 4.78 is 40.2. The number of rotatable bonds is 3. The molecule has 0 bridgehead atoms. The molecule has 0 N–H and O–H groups in total. The SMILES string of the molecule is CC(C)c1ccc(N2C(=S)N(c3ccc(C#N)c(C(F)(F)F)c3)C(=O)C2(C)C)cc1. The zero-order chi connectivity index (χ0) is 22.4. The van der Waals surface area contributed by atoms with E-state index >= 15 is 0 Å². The number of alkyl halides is 3. The van der Waals surface area contributed by atoms with Crippen LogP contribution in [0.4, 0.5) is 24.5 Å². The summed E-state index contributed by atoms with van der Waals surface area (Å²) in [4.78, 5) is 15.9. The molecule has 1 aliphatic heterocycles. The van der Waals surface area contributed by atoms with E-state index in [-0.39, 0.29) is 10.8 Å². The number of thiocarbonyl (C=S) groups is 1. The number of hydrogen-bond donors (Lipinski definition) is 0. The third kappa shape index (κ3) is 3.54. The number of nitriles is 1. The van der Waals surface area contributed by atoms with E-state index in [1.165, 1.54) is 6.07 Å². The molecule has 1 aliphatic rings. The lowest BCUT2D eigenvalue weighted by atomic mass is 10.0. The predicted octanol–water partition coefficient (Wildman–Crippen LogP) is 5.62. The Morgan fingerprint density at radius 2 is 1.63 bits per heavy atom. The minimum absolute atomic E-state index is 0.0225. The Kier molecular flexibility index (Phi) is 5.37.